The van der Waals surface area contributed by atoms with Crippen molar-refractivity contribution < 1.29 is 23.5 Å². The molecular formula is C17H14F2N4O3S. The van der Waals surface area contributed by atoms with Crippen LogP contribution in [0.3, 0.4) is 0 Å². The normalized spacial score (nSPS) is 12.0. The van der Waals surface area contributed by atoms with E-state index in [1.807, 2.05) is 0 Å². The number of rotatable bonds is 5. The Hall–Kier alpha value is -3.14. The van der Waals surface area contributed by atoms with E-state index < -0.39 is 29.7 Å². The first-order chi connectivity index (χ1) is 12.8. The number of aromatic nitrogens is 2. The molecule has 140 valence electrons. The molecule has 0 bridgehead atoms. The first kappa shape index (κ1) is 18.6. The van der Waals surface area contributed by atoms with Crippen LogP contribution in [0, 0.1) is 11.6 Å². The van der Waals surface area contributed by atoms with Crippen LogP contribution in [0.1, 0.15) is 5.56 Å². The number of carbonyl (C=O) groups excluding carboxylic acids is 1. The zero-order chi connectivity index (χ0) is 19.6. The van der Waals surface area contributed by atoms with Gasteiger partial charge in [-0.15, -0.1) is 5.10 Å². The molecule has 3 aromatic rings. The number of fused-ring (bicyclic) bond motifs is 1. The fraction of sp³-hybridized carbons (Fsp3) is 0.176. The number of benzene rings is 2. The Kier molecular flexibility index (Phi) is 5.26. The molecule has 0 aliphatic carbocycles. The Morgan fingerprint density at radius 1 is 1.22 bits per heavy atom. The summed E-state index contributed by atoms with van der Waals surface area (Å²) in [4.78, 5) is 25.2. The smallest absolute Gasteiger partial charge is 0.405 e. The van der Waals surface area contributed by atoms with Crippen LogP contribution in [0.15, 0.2) is 36.4 Å². The first-order valence-electron chi connectivity index (χ1n) is 7.77. The van der Waals surface area contributed by atoms with Crippen LogP contribution < -0.4 is 10.2 Å². The molecule has 0 radical (unpaired) electrons. The number of amides is 2. The maximum Gasteiger partial charge on any atom is 0.405 e. The lowest BCUT2D eigenvalue weighted by Crippen LogP contribution is -2.48. The monoisotopic (exact) mass is 392 g/mol. The SMILES string of the molecule is CN(C(=O)C(Cc1cc(F)cc(F)c1)NC(=O)O)c1ccc2snnc2c1. The number of carboxylic acid groups (broad SMARTS) is 1. The van der Waals surface area contributed by atoms with Crippen molar-refractivity contribution in [1.29, 1.82) is 0 Å². The molecule has 0 saturated heterocycles. The molecule has 0 fully saturated rings. The van der Waals surface area contributed by atoms with Gasteiger partial charge in [-0.2, -0.15) is 0 Å². The third-order valence-electron chi connectivity index (χ3n) is 3.91. The molecule has 2 amide bonds. The van der Waals surface area contributed by atoms with E-state index in [0.29, 0.717) is 17.3 Å². The van der Waals surface area contributed by atoms with E-state index in [0.717, 1.165) is 16.8 Å². The lowest BCUT2D eigenvalue weighted by molar-refractivity contribution is -0.120. The van der Waals surface area contributed by atoms with Crippen molar-refractivity contribution in [3.63, 3.8) is 0 Å². The average Bonchev–Trinajstić information content (AvgIpc) is 3.06. The third kappa shape index (κ3) is 4.34. The topological polar surface area (TPSA) is 95.4 Å². The fourth-order valence-corrected chi connectivity index (χ4v) is 3.19. The van der Waals surface area contributed by atoms with Crippen molar-refractivity contribution in [2.45, 2.75) is 12.5 Å². The Morgan fingerprint density at radius 3 is 2.59 bits per heavy atom. The van der Waals surface area contributed by atoms with Gasteiger partial charge >= 0.3 is 6.09 Å². The van der Waals surface area contributed by atoms with Crippen LogP contribution in [0.4, 0.5) is 19.3 Å². The van der Waals surface area contributed by atoms with Gasteiger partial charge in [-0.05, 0) is 47.4 Å². The minimum Gasteiger partial charge on any atom is -0.465 e. The Morgan fingerprint density at radius 2 is 1.93 bits per heavy atom. The molecule has 7 nitrogen and oxygen atoms in total. The van der Waals surface area contributed by atoms with Crippen molar-refractivity contribution in [1.82, 2.24) is 14.9 Å². The Bertz CT molecular complexity index is 991. The molecule has 27 heavy (non-hydrogen) atoms. The number of hydrogen-bond acceptors (Lipinski definition) is 5. The van der Waals surface area contributed by atoms with Gasteiger partial charge in [0.05, 0.1) is 4.70 Å². The van der Waals surface area contributed by atoms with Crippen LogP contribution in [0.2, 0.25) is 0 Å². The highest BCUT2D eigenvalue weighted by atomic mass is 32.1. The maximum atomic E-state index is 13.4. The summed E-state index contributed by atoms with van der Waals surface area (Å²) in [6.45, 7) is 0. The highest BCUT2D eigenvalue weighted by Crippen LogP contribution is 2.23. The summed E-state index contributed by atoms with van der Waals surface area (Å²) in [6, 6.07) is 6.67. The van der Waals surface area contributed by atoms with E-state index in [4.69, 9.17) is 5.11 Å². The van der Waals surface area contributed by atoms with Gasteiger partial charge in [0.1, 0.15) is 23.2 Å². The van der Waals surface area contributed by atoms with Crippen molar-refractivity contribution in [2.75, 3.05) is 11.9 Å². The number of likely N-dealkylation sites (N-methyl/N-ethyl adjacent to an activating group) is 1. The molecule has 0 aliphatic heterocycles. The zero-order valence-corrected chi connectivity index (χ0v) is 14.8. The average molecular weight is 392 g/mol. The molecule has 1 heterocycles. The lowest BCUT2D eigenvalue weighted by atomic mass is 10.0. The van der Waals surface area contributed by atoms with Crippen LogP contribution >= 0.6 is 11.5 Å². The molecule has 10 heteroatoms. The first-order valence-corrected chi connectivity index (χ1v) is 8.55. The maximum absolute atomic E-state index is 13.4. The van der Waals surface area contributed by atoms with Gasteiger partial charge in [0.25, 0.3) is 0 Å². The molecular weight excluding hydrogens is 378 g/mol. The van der Waals surface area contributed by atoms with Crippen molar-refractivity contribution in [3.05, 3.63) is 53.6 Å². The summed E-state index contributed by atoms with van der Waals surface area (Å²) >= 11 is 1.21. The third-order valence-corrected chi connectivity index (χ3v) is 4.61. The summed E-state index contributed by atoms with van der Waals surface area (Å²) in [6.07, 6.45) is -1.62. The molecule has 0 spiro atoms. The summed E-state index contributed by atoms with van der Waals surface area (Å²) < 4.78 is 31.5. The van der Waals surface area contributed by atoms with Crippen LogP contribution in [0.25, 0.3) is 10.2 Å². The molecule has 3 rings (SSSR count). The van der Waals surface area contributed by atoms with E-state index in [1.54, 1.807) is 18.2 Å². The summed E-state index contributed by atoms with van der Waals surface area (Å²) in [7, 11) is 1.48. The summed E-state index contributed by atoms with van der Waals surface area (Å²) in [5, 5.41) is 15.1. The largest absolute Gasteiger partial charge is 0.465 e. The number of carbonyl (C=O) groups is 2. The van der Waals surface area contributed by atoms with Gasteiger partial charge in [0.15, 0.2) is 0 Å². The molecule has 0 saturated carbocycles. The fourth-order valence-electron chi connectivity index (χ4n) is 2.65. The number of nitrogens with one attached hydrogen (secondary N) is 1. The molecule has 1 unspecified atom stereocenters. The Balaban J connectivity index is 1.86. The van der Waals surface area contributed by atoms with Gasteiger partial charge in [-0.3, -0.25) is 4.79 Å². The molecule has 2 N–H and O–H groups in total. The standard InChI is InChI=1S/C17H14F2N4O3S/c1-23(12-2-3-15-13(8-12)21-22-27-15)16(24)14(20-17(25)26)6-9-4-10(18)7-11(19)5-9/h2-5,7-8,14,20H,6H2,1H3,(H,25,26). The highest BCUT2D eigenvalue weighted by Gasteiger charge is 2.26. The van der Waals surface area contributed by atoms with Gasteiger partial charge in [0.2, 0.25) is 5.91 Å². The number of nitrogens with zero attached hydrogens (tertiary/aromatic N) is 3. The highest BCUT2D eigenvalue weighted by molar-refractivity contribution is 7.12. The van der Waals surface area contributed by atoms with Crippen LogP contribution in [-0.4, -0.2) is 39.8 Å². The summed E-state index contributed by atoms with van der Waals surface area (Å²) in [5.41, 5.74) is 1.25. The molecule has 1 aromatic heterocycles. The Labute approximate surface area is 156 Å². The van der Waals surface area contributed by atoms with Gasteiger partial charge in [-0.1, -0.05) is 4.49 Å². The van der Waals surface area contributed by atoms with E-state index in [2.05, 4.69) is 14.9 Å². The number of halogens is 2. The van der Waals surface area contributed by atoms with Crippen molar-refractivity contribution >= 4 is 39.4 Å². The second kappa shape index (κ2) is 7.62. The molecule has 1 atom stereocenters. The predicted molar refractivity (Wildman–Crippen MR) is 95.8 cm³/mol. The van der Waals surface area contributed by atoms with Gasteiger partial charge < -0.3 is 15.3 Å². The lowest BCUT2D eigenvalue weighted by Gasteiger charge is -2.24. The number of hydrogen-bond donors (Lipinski definition) is 2. The second-order valence-corrected chi connectivity index (χ2v) is 6.59. The van der Waals surface area contributed by atoms with E-state index in [1.165, 1.54) is 23.5 Å². The van der Waals surface area contributed by atoms with E-state index in [9.17, 15) is 18.4 Å². The minimum absolute atomic E-state index is 0.159. The quantitative estimate of drug-likeness (QED) is 0.696. The van der Waals surface area contributed by atoms with Crippen molar-refractivity contribution in [2.24, 2.45) is 0 Å². The van der Waals surface area contributed by atoms with Crippen molar-refractivity contribution in [3.8, 4) is 0 Å². The van der Waals surface area contributed by atoms with Crippen LogP contribution in [0.5, 0.6) is 0 Å². The van der Waals surface area contributed by atoms with E-state index in [-0.39, 0.29) is 12.0 Å². The molecule has 0 aliphatic rings. The van der Waals surface area contributed by atoms with Gasteiger partial charge in [-0.25, -0.2) is 13.6 Å². The molecule has 2 aromatic carbocycles. The second-order valence-electron chi connectivity index (χ2n) is 5.81. The summed E-state index contributed by atoms with van der Waals surface area (Å²) in [5.74, 6) is -2.19. The van der Waals surface area contributed by atoms with Gasteiger partial charge in [0, 0.05) is 25.2 Å². The minimum atomic E-state index is -1.42. The van der Waals surface area contributed by atoms with Crippen LogP contribution in [-0.2, 0) is 11.2 Å². The van der Waals surface area contributed by atoms with E-state index >= 15 is 0 Å². The number of anilines is 1. The predicted octanol–water partition coefficient (Wildman–Crippen LogP) is 2.81. The zero-order valence-electron chi connectivity index (χ0n) is 14.0.